The number of amides is 1. The van der Waals surface area contributed by atoms with E-state index in [0.29, 0.717) is 5.69 Å². The molecule has 0 saturated heterocycles. The van der Waals surface area contributed by atoms with Gasteiger partial charge >= 0.3 is 0 Å². The van der Waals surface area contributed by atoms with E-state index in [1.54, 1.807) is 45.2 Å². The van der Waals surface area contributed by atoms with Crippen LogP contribution in [0.25, 0.3) is 10.9 Å². The number of fused-ring (bicyclic) bond motifs is 1. The number of pyridine rings is 1. The van der Waals surface area contributed by atoms with E-state index >= 15 is 0 Å². The van der Waals surface area contributed by atoms with Gasteiger partial charge in [-0.25, -0.2) is 13.1 Å². The van der Waals surface area contributed by atoms with Crippen LogP contribution in [0, 0.1) is 0 Å². The molecule has 0 saturated carbocycles. The summed E-state index contributed by atoms with van der Waals surface area (Å²) in [5.74, 6) is -0.444. The summed E-state index contributed by atoms with van der Waals surface area (Å²) >= 11 is 6.09. The zero-order valence-electron chi connectivity index (χ0n) is 15.7. The Labute approximate surface area is 169 Å². The molecule has 0 radical (unpaired) electrons. The van der Waals surface area contributed by atoms with Gasteiger partial charge < -0.3 is 5.32 Å². The molecule has 2 N–H and O–H groups in total. The predicted octanol–water partition coefficient (Wildman–Crippen LogP) is 4.22. The number of hydrogen-bond acceptors (Lipinski definition) is 4. The summed E-state index contributed by atoms with van der Waals surface area (Å²) in [4.78, 5) is 16.9. The Kier molecular flexibility index (Phi) is 5.43. The zero-order valence-corrected chi connectivity index (χ0v) is 17.2. The monoisotopic (exact) mass is 417 g/mol. The third kappa shape index (κ3) is 4.49. The largest absolute Gasteiger partial charge is 0.321 e. The first-order valence-electron chi connectivity index (χ1n) is 8.55. The minimum Gasteiger partial charge on any atom is -0.321 e. The van der Waals surface area contributed by atoms with E-state index in [4.69, 9.17) is 11.6 Å². The fourth-order valence-electron chi connectivity index (χ4n) is 2.72. The lowest BCUT2D eigenvalue weighted by Crippen LogP contribution is -2.40. The van der Waals surface area contributed by atoms with E-state index in [1.165, 1.54) is 18.2 Å². The summed E-state index contributed by atoms with van der Waals surface area (Å²) in [6, 6.07) is 13.2. The lowest BCUT2D eigenvalue weighted by molar-refractivity contribution is 0.102. The molecule has 8 heteroatoms. The van der Waals surface area contributed by atoms with Crippen molar-refractivity contribution in [2.45, 2.75) is 31.2 Å². The zero-order chi connectivity index (χ0) is 20.5. The number of carbonyl (C=O) groups is 1. The van der Waals surface area contributed by atoms with Crippen LogP contribution in [0.5, 0.6) is 0 Å². The molecule has 0 atom stereocenters. The highest BCUT2D eigenvalue weighted by Crippen LogP contribution is 2.26. The molecular weight excluding hydrogens is 398 g/mol. The maximum Gasteiger partial charge on any atom is 0.255 e. The fourth-order valence-corrected chi connectivity index (χ4v) is 4.66. The average molecular weight is 418 g/mol. The van der Waals surface area contributed by atoms with E-state index in [2.05, 4.69) is 15.0 Å². The molecule has 0 aliphatic carbocycles. The van der Waals surface area contributed by atoms with Crippen LogP contribution < -0.4 is 10.0 Å². The molecule has 146 valence electrons. The number of carbonyl (C=O) groups excluding carboxylic acids is 1. The molecule has 3 aromatic rings. The van der Waals surface area contributed by atoms with Crippen LogP contribution in [-0.4, -0.2) is 24.8 Å². The van der Waals surface area contributed by atoms with E-state index in [-0.39, 0.29) is 15.5 Å². The van der Waals surface area contributed by atoms with Crippen molar-refractivity contribution < 1.29 is 13.2 Å². The molecule has 0 aliphatic rings. The Balaban J connectivity index is 1.95. The van der Waals surface area contributed by atoms with Gasteiger partial charge in [-0.15, -0.1) is 0 Å². The average Bonchev–Trinajstić information content (AvgIpc) is 2.60. The van der Waals surface area contributed by atoms with Crippen LogP contribution in [0.15, 0.2) is 59.6 Å². The lowest BCUT2D eigenvalue weighted by Gasteiger charge is -2.21. The summed E-state index contributed by atoms with van der Waals surface area (Å²) in [6.07, 6.45) is 1.67. The first-order valence-corrected chi connectivity index (χ1v) is 10.4. The summed E-state index contributed by atoms with van der Waals surface area (Å²) in [7, 11) is -3.88. The molecule has 3 rings (SSSR count). The molecule has 1 amide bonds. The highest BCUT2D eigenvalue weighted by molar-refractivity contribution is 7.89. The molecule has 0 fully saturated rings. The van der Waals surface area contributed by atoms with Gasteiger partial charge in [0.1, 0.15) is 4.90 Å². The van der Waals surface area contributed by atoms with Crippen LogP contribution in [0.1, 0.15) is 31.1 Å². The summed E-state index contributed by atoms with van der Waals surface area (Å²) < 4.78 is 27.8. The highest BCUT2D eigenvalue weighted by Gasteiger charge is 2.25. The van der Waals surface area contributed by atoms with E-state index in [1.807, 2.05) is 12.1 Å². The standard InChI is InChI=1S/C20H20ClN3O3S/c1-20(2,3)24-28(26,27)18-12-13(9-10-15(18)21)19(25)23-17-8-4-7-16-14(17)6-5-11-22-16/h4-12,24H,1-3H3,(H,23,25). The predicted molar refractivity (Wildman–Crippen MR) is 111 cm³/mol. The van der Waals surface area contributed by atoms with Crippen LogP contribution in [0.4, 0.5) is 5.69 Å². The van der Waals surface area contributed by atoms with Gasteiger partial charge in [-0.1, -0.05) is 17.7 Å². The van der Waals surface area contributed by atoms with Gasteiger partial charge in [-0.2, -0.15) is 0 Å². The number of sulfonamides is 1. The number of rotatable bonds is 4. The first-order chi connectivity index (χ1) is 13.1. The lowest BCUT2D eigenvalue weighted by atomic mass is 10.1. The Bertz CT molecular complexity index is 1150. The molecule has 1 heterocycles. The van der Waals surface area contributed by atoms with Crippen molar-refractivity contribution >= 4 is 44.1 Å². The van der Waals surface area contributed by atoms with E-state index < -0.39 is 21.5 Å². The number of hydrogen-bond donors (Lipinski definition) is 2. The SMILES string of the molecule is CC(C)(C)NS(=O)(=O)c1cc(C(=O)Nc2cccc3ncccc23)ccc1Cl. The van der Waals surface area contributed by atoms with Gasteiger partial charge in [-0.3, -0.25) is 9.78 Å². The van der Waals surface area contributed by atoms with Crippen molar-refractivity contribution in [2.24, 2.45) is 0 Å². The highest BCUT2D eigenvalue weighted by atomic mass is 35.5. The Morgan fingerprint density at radius 2 is 1.82 bits per heavy atom. The molecule has 0 bridgehead atoms. The van der Waals surface area contributed by atoms with Gasteiger partial charge in [-0.05, 0) is 63.2 Å². The fraction of sp³-hybridized carbons (Fsp3) is 0.200. The van der Waals surface area contributed by atoms with Gasteiger partial charge in [0.2, 0.25) is 10.0 Å². The topological polar surface area (TPSA) is 88.2 Å². The van der Waals surface area contributed by atoms with Gasteiger partial charge in [0.15, 0.2) is 0 Å². The summed E-state index contributed by atoms with van der Waals surface area (Å²) in [5.41, 5.74) is 0.826. The maximum atomic E-state index is 12.7. The third-order valence-corrected chi connectivity index (χ3v) is 6.06. The normalized spacial score (nSPS) is 12.1. The number of anilines is 1. The molecule has 28 heavy (non-hydrogen) atoms. The number of nitrogens with zero attached hydrogens (tertiary/aromatic N) is 1. The molecule has 1 aromatic heterocycles. The van der Waals surface area contributed by atoms with Crippen LogP contribution in [0.3, 0.4) is 0 Å². The Morgan fingerprint density at radius 1 is 1.07 bits per heavy atom. The molecule has 2 aromatic carbocycles. The third-order valence-electron chi connectivity index (χ3n) is 3.82. The second-order valence-corrected chi connectivity index (χ2v) is 9.39. The van der Waals surface area contributed by atoms with Gasteiger partial charge in [0.05, 0.1) is 16.2 Å². The summed E-state index contributed by atoms with van der Waals surface area (Å²) in [5, 5.41) is 3.64. The number of aromatic nitrogens is 1. The Morgan fingerprint density at radius 3 is 2.54 bits per heavy atom. The van der Waals surface area contributed by atoms with Gasteiger partial charge in [0, 0.05) is 22.7 Å². The smallest absolute Gasteiger partial charge is 0.255 e. The van der Waals surface area contributed by atoms with E-state index in [9.17, 15) is 13.2 Å². The number of halogens is 1. The van der Waals surface area contributed by atoms with Crippen molar-refractivity contribution in [2.75, 3.05) is 5.32 Å². The van der Waals surface area contributed by atoms with Crippen molar-refractivity contribution in [3.05, 3.63) is 65.3 Å². The second-order valence-electron chi connectivity index (χ2n) is 7.33. The molecule has 0 unspecified atom stereocenters. The Hall–Kier alpha value is -2.48. The van der Waals surface area contributed by atoms with Crippen LogP contribution in [-0.2, 0) is 10.0 Å². The minimum absolute atomic E-state index is 0.0441. The van der Waals surface area contributed by atoms with E-state index in [0.717, 1.165) is 10.9 Å². The van der Waals surface area contributed by atoms with Crippen molar-refractivity contribution in [1.29, 1.82) is 0 Å². The van der Waals surface area contributed by atoms with Crippen molar-refractivity contribution in [3.8, 4) is 0 Å². The van der Waals surface area contributed by atoms with Gasteiger partial charge in [0.25, 0.3) is 5.91 Å². The quantitative estimate of drug-likeness (QED) is 0.665. The number of benzene rings is 2. The second kappa shape index (κ2) is 7.50. The molecule has 0 aliphatic heterocycles. The molecular formula is C20H20ClN3O3S. The number of nitrogens with one attached hydrogen (secondary N) is 2. The van der Waals surface area contributed by atoms with Crippen LogP contribution in [0.2, 0.25) is 5.02 Å². The van der Waals surface area contributed by atoms with Crippen molar-refractivity contribution in [3.63, 3.8) is 0 Å². The van der Waals surface area contributed by atoms with Crippen LogP contribution >= 0.6 is 11.6 Å². The molecule has 0 spiro atoms. The minimum atomic E-state index is -3.88. The van der Waals surface area contributed by atoms with Crippen molar-refractivity contribution in [1.82, 2.24) is 9.71 Å². The molecule has 6 nitrogen and oxygen atoms in total. The first kappa shape index (κ1) is 20.3. The maximum absolute atomic E-state index is 12.7. The summed E-state index contributed by atoms with van der Waals surface area (Å²) in [6.45, 7) is 5.18.